The van der Waals surface area contributed by atoms with Crippen molar-refractivity contribution in [2.24, 2.45) is 7.05 Å². The Hall–Kier alpha value is -2.41. The first-order valence-corrected chi connectivity index (χ1v) is 12.2. The third-order valence-electron chi connectivity index (χ3n) is 5.91. The molecule has 29 heavy (non-hydrogen) atoms. The summed E-state index contributed by atoms with van der Waals surface area (Å²) in [7, 11) is -1.42. The molecule has 0 N–H and O–H groups in total. The van der Waals surface area contributed by atoms with E-state index < -0.39 is 9.84 Å². The number of benzene rings is 1. The summed E-state index contributed by atoms with van der Waals surface area (Å²) in [6.07, 6.45) is 8.97. The van der Waals surface area contributed by atoms with Crippen LogP contribution in [-0.2, 0) is 35.5 Å². The highest BCUT2D eigenvalue weighted by Crippen LogP contribution is 2.43. The standard InChI is InChI=1S/C22H24N2O4S/c1-24-11-18(15-5-3-4-6-16(15)22(24)25)17-9-13(12-29(2,26)27)10-19-20(17)23-21(28-19)14-7-8-14/h9-11,14H,3-8,12H2,1-2H3. The third-order valence-corrected chi connectivity index (χ3v) is 6.77. The molecule has 0 atom stereocenters. The number of aromatic nitrogens is 2. The molecular weight excluding hydrogens is 388 g/mol. The minimum atomic E-state index is -3.19. The van der Waals surface area contributed by atoms with E-state index in [0.29, 0.717) is 17.1 Å². The molecule has 0 unspecified atom stereocenters. The molecule has 0 saturated heterocycles. The van der Waals surface area contributed by atoms with Gasteiger partial charge in [0.2, 0.25) is 0 Å². The summed E-state index contributed by atoms with van der Waals surface area (Å²) in [4.78, 5) is 17.5. The number of pyridine rings is 1. The zero-order valence-corrected chi connectivity index (χ0v) is 17.5. The number of hydrogen-bond acceptors (Lipinski definition) is 5. The minimum absolute atomic E-state index is 0.0522. The van der Waals surface area contributed by atoms with E-state index in [0.717, 1.165) is 72.2 Å². The monoisotopic (exact) mass is 412 g/mol. The SMILES string of the molecule is Cn1cc(-c2cc(CS(C)(=O)=O)cc3oc(C4CC4)nc23)c2c(c1=O)CCCC2. The topological polar surface area (TPSA) is 82.2 Å². The molecule has 1 fully saturated rings. The van der Waals surface area contributed by atoms with Crippen LogP contribution in [0, 0.1) is 0 Å². The van der Waals surface area contributed by atoms with Crippen molar-refractivity contribution < 1.29 is 12.8 Å². The van der Waals surface area contributed by atoms with E-state index in [1.165, 1.54) is 6.26 Å². The minimum Gasteiger partial charge on any atom is -0.440 e. The number of sulfone groups is 1. The summed E-state index contributed by atoms with van der Waals surface area (Å²) in [5, 5.41) is 0. The molecule has 0 amide bonds. The van der Waals surface area contributed by atoms with Crippen LogP contribution in [0.4, 0.5) is 0 Å². The van der Waals surface area contributed by atoms with Gasteiger partial charge in [-0.1, -0.05) is 0 Å². The Kier molecular flexibility index (Phi) is 4.21. The largest absolute Gasteiger partial charge is 0.440 e. The van der Waals surface area contributed by atoms with Gasteiger partial charge in [0.05, 0.1) is 5.75 Å². The van der Waals surface area contributed by atoms with Crippen LogP contribution in [0.5, 0.6) is 0 Å². The number of fused-ring (bicyclic) bond motifs is 2. The Labute approximate surface area is 169 Å². The van der Waals surface area contributed by atoms with Crippen molar-refractivity contribution in [1.82, 2.24) is 9.55 Å². The summed E-state index contributed by atoms with van der Waals surface area (Å²) in [5.41, 5.74) is 5.93. The van der Waals surface area contributed by atoms with Crippen LogP contribution in [0.2, 0.25) is 0 Å². The van der Waals surface area contributed by atoms with E-state index in [9.17, 15) is 13.2 Å². The van der Waals surface area contributed by atoms with E-state index >= 15 is 0 Å². The molecule has 0 radical (unpaired) electrons. The van der Waals surface area contributed by atoms with Gasteiger partial charge in [-0.25, -0.2) is 13.4 Å². The predicted molar refractivity (Wildman–Crippen MR) is 112 cm³/mol. The van der Waals surface area contributed by atoms with Gasteiger partial charge in [-0.15, -0.1) is 0 Å². The van der Waals surface area contributed by atoms with Crippen molar-refractivity contribution in [3.05, 3.63) is 51.3 Å². The first-order valence-electron chi connectivity index (χ1n) is 10.1. The van der Waals surface area contributed by atoms with Gasteiger partial charge in [-0.2, -0.15) is 0 Å². The van der Waals surface area contributed by atoms with Crippen molar-refractivity contribution in [3.63, 3.8) is 0 Å². The maximum absolute atomic E-state index is 12.7. The number of hydrogen-bond donors (Lipinski definition) is 0. The van der Waals surface area contributed by atoms with Crippen molar-refractivity contribution in [3.8, 4) is 11.1 Å². The number of rotatable bonds is 4. The Morgan fingerprint density at radius 1 is 1.14 bits per heavy atom. The van der Waals surface area contributed by atoms with E-state index in [1.54, 1.807) is 17.7 Å². The molecule has 2 aliphatic carbocycles. The van der Waals surface area contributed by atoms with Gasteiger partial charge < -0.3 is 8.98 Å². The molecule has 2 aliphatic rings. The second-order valence-electron chi connectivity index (χ2n) is 8.51. The predicted octanol–water partition coefficient (Wildman–Crippen LogP) is 3.49. The summed E-state index contributed by atoms with van der Waals surface area (Å²) in [6.45, 7) is 0. The molecule has 2 heterocycles. The quantitative estimate of drug-likeness (QED) is 0.655. The summed E-state index contributed by atoms with van der Waals surface area (Å²) in [6, 6.07) is 3.71. The molecule has 5 rings (SSSR count). The van der Waals surface area contributed by atoms with Crippen LogP contribution < -0.4 is 5.56 Å². The second kappa shape index (κ2) is 6.55. The molecule has 152 valence electrons. The number of aryl methyl sites for hydroxylation is 1. The fraction of sp³-hybridized carbons (Fsp3) is 0.455. The molecule has 1 saturated carbocycles. The van der Waals surface area contributed by atoms with Crippen LogP contribution in [0.1, 0.15) is 54.2 Å². The molecule has 0 aliphatic heterocycles. The van der Waals surface area contributed by atoms with E-state index in [1.807, 2.05) is 12.3 Å². The fourth-order valence-electron chi connectivity index (χ4n) is 4.41. The Morgan fingerprint density at radius 2 is 1.86 bits per heavy atom. The van der Waals surface area contributed by atoms with E-state index in [-0.39, 0.29) is 11.3 Å². The normalized spacial score (nSPS) is 16.9. The van der Waals surface area contributed by atoms with E-state index in [4.69, 9.17) is 9.40 Å². The Bertz CT molecular complexity index is 1300. The summed E-state index contributed by atoms with van der Waals surface area (Å²) in [5.74, 6) is 1.04. The number of oxazole rings is 1. The molecule has 2 aromatic heterocycles. The Morgan fingerprint density at radius 3 is 2.55 bits per heavy atom. The lowest BCUT2D eigenvalue weighted by Gasteiger charge is -2.20. The zero-order chi connectivity index (χ0) is 20.3. The highest BCUT2D eigenvalue weighted by Gasteiger charge is 2.30. The van der Waals surface area contributed by atoms with Crippen LogP contribution in [0.25, 0.3) is 22.2 Å². The molecular formula is C22H24N2O4S. The van der Waals surface area contributed by atoms with Gasteiger partial charge in [0.25, 0.3) is 5.56 Å². The van der Waals surface area contributed by atoms with Crippen molar-refractivity contribution in [1.29, 1.82) is 0 Å². The van der Waals surface area contributed by atoms with Crippen molar-refractivity contribution in [2.75, 3.05) is 6.26 Å². The van der Waals surface area contributed by atoms with Crippen LogP contribution in [-0.4, -0.2) is 24.2 Å². The first-order chi connectivity index (χ1) is 13.8. The lowest BCUT2D eigenvalue weighted by Crippen LogP contribution is -2.25. The average molecular weight is 413 g/mol. The molecule has 0 spiro atoms. The molecule has 1 aromatic carbocycles. The third kappa shape index (κ3) is 3.41. The van der Waals surface area contributed by atoms with Gasteiger partial charge in [0, 0.05) is 42.1 Å². The van der Waals surface area contributed by atoms with Gasteiger partial charge in [0.1, 0.15) is 5.52 Å². The summed E-state index contributed by atoms with van der Waals surface area (Å²) >= 11 is 0. The zero-order valence-electron chi connectivity index (χ0n) is 16.7. The van der Waals surface area contributed by atoms with E-state index in [2.05, 4.69) is 0 Å². The molecule has 6 nitrogen and oxygen atoms in total. The van der Waals surface area contributed by atoms with Gasteiger partial charge in [-0.05, 0) is 61.8 Å². The van der Waals surface area contributed by atoms with Gasteiger partial charge >= 0.3 is 0 Å². The maximum Gasteiger partial charge on any atom is 0.253 e. The van der Waals surface area contributed by atoms with Crippen molar-refractivity contribution in [2.45, 2.75) is 50.2 Å². The fourth-order valence-corrected chi connectivity index (χ4v) is 5.19. The van der Waals surface area contributed by atoms with Crippen molar-refractivity contribution >= 4 is 20.9 Å². The summed E-state index contributed by atoms with van der Waals surface area (Å²) < 4.78 is 31.6. The lowest BCUT2D eigenvalue weighted by molar-refractivity contribution is 0.533. The van der Waals surface area contributed by atoms with Crippen LogP contribution >= 0.6 is 0 Å². The Balaban J connectivity index is 1.79. The van der Waals surface area contributed by atoms with Gasteiger partial charge in [-0.3, -0.25) is 4.79 Å². The maximum atomic E-state index is 12.7. The average Bonchev–Trinajstić information content (AvgIpc) is 3.42. The second-order valence-corrected chi connectivity index (χ2v) is 10.6. The first kappa shape index (κ1) is 18.6. The molecule has 3 aromatic rings. The highest BCUT2D eigenvalue weighted by atomic mass is 32.2. The molecule has 0 bridgehead atoms. The lowest BCUT2D eigenvalue weighted by atomic mass is 9.87. The van der Waals surface area contributed by atoms with Crippen LogP contribution in [0.15, 0.2) is 27.5 Å². The molecule has 7 heteroatoms. The highest BCUT2D eigenvalue weighted by molar-refractivity contribution is 7.89. The number of nitrogens with zero attached hydrogens (tertiary/aromatic N) is 2. The van der Waals surface area contributed by atoms with Gasteiger partial charge in [0.15, 0.2) is 21.3 Å². The van der Waals surface area contributed by atoms with Crippen LogP contribution in [0.3, 0.4) is 0 Å². The smallest absolute Gasteiger partial charge is 0.253 e.